The molecule has 2 unspecified atom stereocenters. The lowest BCUT2D eigenvalue weighted by molar-refractivity contribution is -0.113. The molecule has 0 aliphatic rings. The number of carbonyl (C=O) groups is 1. The van der Waals surface area contributed by atoms with Crippen LogP contribution in [0.5, 0.6) is 0 Å². The number of hydrogen-bond acceptors (Lipinski definition) is 2. The van der Waals surface area contributed by atoms with Crippen LogP contribution in [0.2, 0.25) is 18.1 Å². The van der Waals surface area contributed by atoms with Crippen LogP contribution in [0.4, 0.5) is 0 Å². The molecule has 0 aromatic heterocycles. The third-order valence-electron chi connectivity index (χ3n) is 5.35. The summed E-state index contributed by atoms with van der Waals surface area (Å²) in [6.07, 6.45) is 1.73. The number of aldehydes is 1. The number of carbonyl (C=O) groups excluding carboxylic acids is 1. The Morgan fingerprint density at radius 3 is 2.29 bits per heavy atom. The zero-order valence-corrected chi connectivity index (χ0v) is 16.8. The van der Waals surface area contributed by atoms with E-state index in [9.17, 15) is 4.79 Å². The minimum atomic E-state index is -1.87. The molecule has 130 valence electrons. The summed E-state index contributed by atoms with van der Waals surface area (Å²) in [5.74, 6) is -0.111. The van der Waals surface area contributed by atoms with Crippen molar-refractivity contribution in [1.82, 2.24) is 0 Å². The molecule has 0 N–H and O–H groups in total. The summed E-state index contributed by atoms with van der Waals surface area (Å²) in [4.78, 5) is 11.7. The fraction of sp³-hybridized carbons (Fsp3) is 0.476. The van der Waals surface area contributed by atoms with E-state index < -0.39 is 8.32 Å². The smallest absolute Gasteiger partial charge is 0.192 e. The summed E-state index contributed by atoms with van der Waals surface area (Å²) >= 11 is 0. The van der Waals surface area contributed by atoms with Crippen LogP contribution >= 0.6 is 0 Å². The van der Waals surface area contributed by atoms with Gasteiger partial charge in [-0.25, -0.2) is 0 Å². The van der Waals surface area contributed by atoms with Crippen LogP contribution in [0.1, 0.15) is 33.3 Å². The second-order valence-electron chi connectivity index (χ2n) is 8.27. The Kier molecular flexibility index (Phi) is 5.66. The molecule has 2 rings (SSSR count). The molecule has 0 bridgehead atoms. The molecule has 0 saturated carbocycles. The van der Waals surface area contributed by atoms with E-state index in [1.165, 1.54) is 16.3 Å². The molecule has 2 aromatic carbocycles. The highest BCUT2D eigenvalue weighted by Gasteiger charge is 2.39. The van der Waals surface area contributed by atoms with Gasteiger partial charge in [-0.2, -0.15) is 0 Å². The summed E-state index contributed by atoms with van der Waals surface area (Å²) in [7, 11) is -1.87. The molecule has 0 aliphatic heterocycles. The number of benzene rings is 2. The van der Waals surface area contributed by atoms with Crippen LogP contribution < -0.4 is 0 Å². The van der Waals surface area contributed by atoms with E-state index in [2.05, 4.69) is 64.2 Å². The standard InChI is InChI=1S/C21H30O2Si/c1-16(23-24(5,6)21(2,3)4)20(15-22)14-17-11-12-18-9-7-8-10-19(18)13-17/h7-13,15-16,20H,14H2,1-6H3. The molecule has 0 spiro atoms. The van der Waals surface area contributed by atoms with Gasteiger partial charge in [0, 0.05) is 5.92 Å². The lowest BCUT2D eigenvalue weighted by Gasteiger charge is -2.39. The maximum absolute atomic E-state index is 11.7. The van der Waals surface area contributed by atoms with Crippen molar-refractivity contribution in [2.75, 3.05) is 0 Å². The van der Waals surface area contributed by atoms with Crippen LogP contribution in [-0.2, 0) is 15.6 Å². The van der Waals surface area contributed by atoms with Crippen molar-refractivity contribution in [3.8, 4) is 0 Å². The molecule has 3 heteroatoms. The average Bonchev–Trinajstić information content (AvgIpc) is 2.50. The van der Waals surface area contributed by atoms with E-state index in [-0.39, 0.29) is 17.1 Å². The van der Waals surface area contributed by atoms with Gasteiger partial charge in [-0.1, -0.05) is 63.2 Å². The van der Waals surface area contributed by atoms with Gasteiger partial charge >= 0.3 is 0 Å². The minimum Gasteiger partial charge on any atom is -0.413 e. The number of hydrogen-bond donors (Lipinski definition) is 0. The molecule has 0 fully saturated rings. The molecule has 2 atom stereocenters. The Bertz CT molecular complexity index is 700. The fourth-order valence-electron chi connectivity index (χ4n) is 2.69. The minimum absolute atomic E-state index is 0.0603. The fourth-order valence-corrected chi connectivity index (χ4v) is 4.15. The van der Waals surface area contributed by atoms with Crippen molar-refractivity contribution in [3.05, 3.63) is 48.0 Å². The van der Waals surface area contributed by atoms with Gasteiger partial charge in [0.05, 0.1) is 6.10 Å². The van der Waals surface area contributed by atoms with Gasteiger partial charge in [-0.15, -0.1) is 0 Å². The molecule has 0 aliphatic carbocycles. The Hall–Kier alpha value is -1.45. The highest BCUT2D eigenvalue weighted by Crippen LogP contribution is 2.38. The molecular weight excluding hydrogens is 312 g/mol. The van der Waals surface area contributed by atoms with Crippen LogP contribution in [-0.4, -0.2) is 20.7 Å². The van der Waals surface area contributed by atoms with E-state index in [1.807, 2.05) is 19.1 Å². The van der Waals surface area contributed by atoms with E-state index >= 15 is 0 Å². The number of rotatable bonds is 6. The van der Waals surface area contributed by atoms with Gasteiger partial charge in [0.2, 0.25) is 0 Å². The first kappa shape index (κ1) is 18.9. The zero-order chi connectivity index (χ0) is 18.0. The van der Waals surface area contributed by atoms with Gasteiger partial charge in [-0.3, -0.25) is 0 Å². The average molecular weight is 343 g/mol. The number of fused-ring (bicyclic) bond motifs is 1. The first-order chi connectivity index (χ1) is 11.1. The van der Waals surface area contributed by atoms with E-state index in [1.54, 1.807) is 0 Å². The molecule has 0 amide bonds. The first-order valence-electron chi connectivity index (χ1n) is 8.75. The normalized spacial score (nSPS) is 15.2. The molecule has 2 nitrogen and oxygen atoms in total. The maximum atomic E-state index is 11.7. The van der Waals surface area contributed by atoms with Crippen molar-refractivity contribution in [1.29, 1.82) is 0 Å². The Morgan fingerprint density at radius 1 is 1.08 bits per heavy atom. The zero-order valence-electron chi connectivity index (χ0n) is 15.8. The predicted molar refractivity (Wildman–Crippen MR) is 105 cm³/mol. The molecular formula is C21H30O2Si. The van der Waals surface area contributed by atoms with E-state index in [0.29, 0.717) is 0 Å². The van der Waals surface area contributed by atoms with Crippen LogP contribution in [0.3, 0.4) is 0 Å². The topological polar surface area (TPSA) is 26.3 Å². The summed E-state index contributed by atoms with van der Waals surface area (Å²) in [5.41, 5.74) is 1.19. The molecule has 0 heterocycles. The van der Waals surface area contributed by atoms with Crippen LogP contribution in [0.15, 0.2) is 42.5 Å². The SMILES string of the molecule is CC(O[Si](C)(C)C(C)(C)C)C(C=O)Cc1ccc2ccccc2c1. The summed E-state index contributed by atoms with van der Waals surface area (Å²) in [5, 5.41) is 2.60. The van der Waals surface area contributed by atoms with Crippen molar-refractivity contribution in [2.45, 2.75) is 58.4 Å². The van der Waals surface area contributed by atoms with Crippen molar-refractivity contribution in [2.24, 2.45) is 5.92 Å². The van der Waals surface area contributed by atoms with Gasteiger partial charge in [-0.05, 0) is 47.8 Å². The van der Waals surface area contributed by atoms with Crippen LogP contribution in [0.25, 0.3) is 10.8 Å². The highest BCUT2D eigenvalue weighted by atomic mass is 28.4. The lowest BCUT2D eigenvalue weighted by atomic mass is 9.95. The summed E-state index contributed by atoms with van der Waals surface area (Å²) in [6.45, 7) is 13.2. The quantitative estimate of drug-likeness (QED) is 0.504. The van der Waals surface area contributed by atoms with E-state index in [4.69, 9.17) is 4.43 Å². The monoisotopic (exact) mass is 342 g/mol. The Morgan fingerprint density at radius 2 is 1.71 bits per heavy atom. The highest BCUT2D eigenvalue weighted by molar-refractivity contribution is 6.74. The third kappa shape index (κ3) is 4.34. The predicted octanol–water partition coefficient (Wildman–Crippen LogP) is 5.61. The van der Waals surface area contributed by atoms with Gasteiger partial charge in [0.25, 0.3) is 0 Å². The van der Waals surface area contributed by atoms with Gasteiger partial charge < -0.3 is 9.22 Å². The van der Waals surface area contributed by atoms with Gasteiger partial charge in [0.1, 0.15) is 6.29 Å². The molecule has 2 aromatic rings. The lowest BCUT2D eigenvalue weighted by Crippen LogP contribution is -2.45. The molecule has 24 heavy (non-hydrogen) atoms. The first-order valence-corrected chi connectivity index (χ1v) is 11.7. The van der Waals surface area contributed by atoms with Crippen molar-refractivity contribution in [3.63, 3.8) is 0 Å². The summed E-state index contributed by atoms with van der Waals surface area (Å²) in [6, 6.07) is 14.8. The van der Waals surface area contributed by atoms with Crippen molar-refractivity contribution < 1.29 is 9.22 Å². The molecule has 0 saturated heterocycles. The van der Waals surface area contributed by atoms with Crippen LogP contribution in [0, 0.1) is 5.92 Å². The van der Waals surface area contributed by atoms with E-state index in [0.717, 1.165) is 12.7 Å². The largest absolute Gasteiger partial charge is 0.413 e. The molecule has 0 radical (unpaired) electrons. The third-order valence-corrected chi connectivity index (χ3v) is 9.92. The maximum Gasteiger partial charge on any atom is 0.192 e. The second kappa shape index (κ2) is 7.20. The second-order valence-corrected chi connectivity index (χ2v) is 13.0. The van der Waals surface area contributed by atoms with Crippen molar-refractivity contribution >= 4 is 25.4 Å². The Labute approximate surface area is 147 Å². The summed E-state index contributed by atoms with van der Waals surface area (Å²) < 4.78 is 6.42. The van der Waals surface area contributed by atoms with Gasteiger partial charge in [0.15, 0.2) is 8.32 Å². The Balaban J connectivity index is 2.14.